The Balaban J connectivity index is 1.73. The highest BCUT2D eigenvalue weighted by molar-refractivity contribution is 6.31. The van der Waals surface area contributed by atoms with Crippen LogP contribution in [-0.4, -0.2) is 5.11 Å². The lowest BCUT2D eigenvalue weighted by Gasteiger charge is -2.10. The highest BCUT2D eigenvalue weighted by atomic mass is 35.5. The summed E-state index contributed by atoms with van der Waals surface area (Å²) in [7, 11) is 0. The minimum atomic E-state index is -0.314. The molecule has 0 spiro atoms. The van der Waals surface area contributed by atoms with Gasteiger partial charge in [0.1, 0.15) is 12.4 Å². The van der Waals surface area contributed by atoms with Gasteiger partial charge in [-0.1, -0.05) is 29.8 Å². The van der Waals surface area contributed by atoms with E-state index in [-0.39, 0.29) is 6.10 Å². The lowest BCUT2D eigenvalue weighted by Crippen LogP contribution is -1.98. The molecule has 1 aliphatic carbocycles. The maximum Gasteiger partial charge on any atom is 0.120 e. The summed E-state index contributed by atoms with van der Waals surface area (Å²) in [6.45, 7) is 2.47. The number of hydrogen-bond acceptors (Lipinski definition) is 2. The summed E-state index contributed by atoms with van der Waals surface area (Å²) in [5.41, 5.74) is 4.35. The molecule has 0 fully saturated rings. The average molecular weight is 289 g/mol. The predicted octanol–water partition coefficient (Wildman–Crippen LogP) is 4.21. The number of aliphatic hydroxyl groups is 1. The van der Waals surface area contributed by atoms with Crippen molar-refractivity contribution in [1.82, 2.24) is 0 Å². The molecule has 0 saturated heterocycles. The second-order valence-corrected chi connectivity index (χ2v) is 5.71. The molecule has 0 aliphatic heterocycles. The summed E-state index contributed by atoms with van der Waals surface area (Å²) in [6, 6.07) is 11.9. The van der Waals surface area contributed by atoms with Crippen molar-refractivity contribution in [3.05, 3.63) is 63.7 Å². The second-order valence-electron chi connectivity index (χ2n) is 5.30. The Hall–Kier alpha value is -1.51. The van der Waals surface area contributed by atoms with Gasteiger partial charge >= 0.3 is 0 Å². The van der Waals surface area contributed by atoms with E-state index in [0.29, 0.717) is 6.61 Å². The van der Waals surface area contributed by atoms with Crippen molar-refractivity contribution in [1.29, 1.82) is 0 Å². The van der Waals surface area contributed by atoms with Crippen LogP contribution < -0.4 is 4.74 Å². The average Bonchev–Trinajstić information content (AvgIpc) is 2.79. The van der Waals surface area contributed by atoms with E-state index < -0.39 is 0 Å². The number of ether oxygens (including phenoxy) is 1. The fourth-order valence-corrected chi connectivity index (χ4v) is 2.88. The molecule has 0 radical (unpaired) electrons. The quantitative estimate of drug-likeness (QED) is 0.917. The van der Waals surface area contributed by atoms with Gasteiger partial charge in [-0.15, -0.1) is 0 Å². The summed E-state index contributed by atoms with van der Waals surface area (Å²) in [5.74, 6) is 0.828. The monoisotopic (exact) mass is 288 g/mol. The van der Waals surface area contributed by atoms with Gasteiger partial charge in [-0.3, -0.25) is 0 Å². The van der Waals surface area contributed by atoms with Crippen LogP contribution in [0, 0.1) is 6.92 Å². The predicted molar refractivity (Wildman–Crippen MR) is 80.2 cm³/mol. The third-order valence-electron chi connectivity index (χ3n) is 3.76. The van der Waals surface area contributed by atoms with E-state index in [4.69, 9.17) is 16.3 Å². The zero-order chi connectivity index (χ0) is 14.1. The number of hydrogen-bond donors (Lipinski definition) is 1. The third-order valence-corrected chi connectivity index (χ3v) is 4.12. The first kappa shape index (κ1) is 13.5. The van der Waals surface area contributed by atoms with E-state index in [1.807, 2.05) is 43.3 Å². The van der Waals surface area contributed by atoms with Crippen LogP contribution in [0.1, 0.15) is 34.8 Å². The van der Waals surface area contributed by atoms with Gasteiger partial charge in [-0.2, -0.15) is 0 Å². The number of rotatable bonds is 3. The lowest BCUT2D eigenvalue weighted by molar-refractivity contribution is 0.180. The summed E-state index contributed by atoms with van der Waals surface area (Å²) in [6.07, 6.45) is 1.41. The van der Waals surface area contributed by atoms with Gasteiger partial charge in [-0.05, 0) is 54.7 Å². The molecular weight excluding hydrogens is 272 g/mol. The van der Waals surface area contributed by atoms with E-state index in [1.54, 1.807) is 0 Å². The molecule has 2 aromatic rings. The van der Waals surface area contributed by atoms with Crippen LogP contribution >= 0.6 is 11.6 Å². The zero-order valence-electron chi connectivity index (χ0n) is 11.4. The van der Waals surface area contributed by atoms with E-state index in [1.165, 1.54) is 5.56 Å². The van der Waals surface area contributed by atoms with Crippen LogP contribution in [0.25, 0.3) is 0 Å². The molecule has 1 atom stereocenters. The molecule has 1 N–H and O–H groups in total. The van der Waals surface area contributed by atoms with Crippen LogP contribution in [0.15, 0.2) is 36.4 Å². The zero-order valence-corrected chi connectivity index (χ0v) is 12.2. The Labute approximate surface area is 124 Å². The first-order chi connectivity index (χ1) is 9.63. The van der Waals surface area contributed by atoms with Crippen LogP contribution in [0.3, 0.4) is 0 Å². The van der Waals surface area contributed by atoms with Crippen LogP contribution in [0.2, 0.25) is 5.02 Å². The molecule has 104 valence electrons. The number of halogens is 1. The fourth-order valence-electron chi connectivity index (χ4n) is 2.59. The molecule has 0 heterocycles. The Kier molecular flexibility index (Phi) is 3.68. The molecule has 0 saturated carbocycles. The first-order valence-electron chi connectivity index (χ1n) is 6.82. The van der Waals surface area contributed by atoms with Crippen LogP contribution in [0.4, 0.5) is 0 Å². The van der Waals surface area contributed by atoms with E-state index in [9.17, 15) is 5.11 Å². The second kappa shape index (κ2) is 5.47. The van der Waals surface area contributed by atoms with Gasteiger partial charge in [0.05, 0.1) is 6.10 Å². The van der Waals surface area contributed by atoms with Gasteiger partial charge < -0.3 is 9.84 Å². The fraction of sp³-hybridized carbons (Fsp3) is 0.294. The normalized spacial score (nSPS) is 17.1. The molecule has 1 aliphatic rings. The molecule has 2 aromatic carbocycles. The van der Waals surface area contributed by atoms with Crippen molar-refractivity contribution >= 4 is 11.6 Å². The van der Waals surface area contributed by atoms with E-state index in [0.717, 1.165) is 40.3 Å². The molecule has 0 amide bonds. The smallest absolute Gasteiger partial charge is 0.120 e. The summed E-state index contributed by atoms with van der Waals surface area (Å²) in [5, 5.41) is 10.5. The molecular formula is C17H17ClO2. The Bertz CT molecular complexity index is 637. The minimum Gasteiger partial charge on any atom is -0.489 e. The molecule has 20 heavy (non-hydrogen) atoms. The molecule has 3 heteroatoms. The Morgan fingerprint density at radius 3 is 2.90 bits per heavy atom. The van der Waals surface area contributed by atoms with Crippen molar-refractivity contribution in [3.8, 4) is 5.75 Å². The largest absolute Gasteiger partial charge is 0.489 e. The Morgan fingerprint density at radius 2 is 2.10 bits per heavy atom. The maximum atomic E-state index is 9.78. The molecule has 2 nitrogen and oxygen atoms in total. The number of aryl methyl sites for hydroxylation is 2. The van der Waals surface area contributed by atoms with Gasteiger partial charge in [0.25, 0.3) is 0 Å². The van der Waals surface area contributed by atoms with Gasteiger partial charge in [0, 0.05) is 10.6 Å². The maximum absolute atomic E-state index is 9.78. The SMILES string of the molecule is Cc1ccc(COc2ccc3c(c2)CCC3O)c(Cl)c1. The topological polar surface area (TPSA) is 29.5 Å². The standard InChI is InChI=1S/C17H17ClO2/c1-11-2-3-13(16(18)8-11)10-20-14-5-6-15-12(9-14)4-7-17(15)19/h2-3,5-6,8-9,17,19H,4,7,10H2,1H3. The highest BCUT2D eigenvalue weighted by Crippen LogP contribution is 2.33. The molecule has 3 rings (SSSR count). The number of aliphatic hydroxyl groups excluding tert-OH is 1. The number of benzene rings is 2. The van der Waals surface area contributed by atoms with Gasteiger partial charge in [0.15, 0.2) is 0 Å². The van der Waals surface area contributed by atoms with Crippen molar-refractivity contribution < 1.29 is 9.84 Å². The molecule has 0 bridgehead atoms. The molecule has 1 unspecified atom stereocenters. The Morgan fingerprint density at radius 1 is 1.25 bits per heavy atom. The van der Waals surface area contributed by atoms with Crippen LogP contribution in [-0.2, 0) is 13.0 Å². The van der Waals surface area contributed by atoms with Crippen molar-refractivity contribution in [2.24, 2.45) is 0 Å². The summed E-state index contributed by atoms with van der Waals surface area (Å²) >= 11 is 6.20. The van der Waals surface area contributed by atoms with Crippen molar-refractivity contribution in [2.75, 3.05) is 0 Å². The van der Waals surface area contributed by atoms with E-state index >= 15 is 0 Å². The first-order valence-corrected chi connectivity index (χ1v) is 7.20. The van der Waals surface area contributed by atoms with Crippen molar-refractivity contribution in [2.45, 2.75) is 32.5 Å². The third kappa shape index (κ3) is 2.67. The van der Waals surface area contributed by atoms with Crippen molar-refractivity contribution in [3.63, 3.8) is 0 Å². The minimum absolute atomic E-state index is 0.314. The van der Waals surface area contributed by atoms with Gasteiger partial charge in [-0.25, -0.2) is 0 Å². The highest BCUT2D eigenvalue weighted by Gasteiger charge is 2.20. The van der Waals surface area contributed by atoms with Gasteiger partial charge in [0.2, 0.25) is 0 Å². The summed E-state index contributed by atoms with van der Waals surface area (Å²) < 4.78 is 5.81. The molecule has 0 aromatic heterocycles. The number of fused-ring (bicyclic) bond motifs is 1. The summed E-state index contributed by atoms with van der Waals surface area (Å²) in [4.78, 5) is 0. The lowest BCUT2D eigenvalue weighted by atomic mass is 10.1. The van der Waals surface area contributed by atoms with E-state index in [2.05, 4.69) is 0 Å². The van der Waals surface area contributed by atoms with Crippen LogP contribution in [0.5, 0.6) is 5.75 Å².